The fourth-order valence-corrected chi connectivity index (χ4v) is 2.03. The summed E-state index contributed by atoms with van der Waals surface area (Å²) in [7, 11) is 2.01. The molecule has 0 amide bonds. The zero-order valence-electron chi connectivity index (χ0n) is 12.1. The first kappa shape index (κ1) is 15.5. The van der Waals surface area contributed by atoms with Gasteiger partial charge in [0.1, 0.15) is 11.7 Å². The summed E-state index contributed by atoms with van der Waals surface area (Å²) >= 11 is 0. The molecule has 0 spiro atoms. The Morgan fingerprint density at radius 1 is 1.53 bits per heavy atom. The van der Waals surface area contributed by atoms with Crippen molar-refractivity contribution < 1.29 is 5.21 Å². The van der Waals surface area contributed by atoms with Gasteiger partial charge >= 0.3 is 0 Å². The second kappa shape index (κ2) is 7.78. The summed E-state index contributed by atoms with van der Waals surface area (Å²) < 4.78 is 2.04. The van der Waals surface area contributed by atoms with Gasteiger partial charge in [-0.05, 0) is 5.92 Å². The maximum absolute atomic E-state index is 8.58. The van der Waals surface area contributed by atoms with Crippen molar-refractivity contribution >= 4 is 5.84 Å². The summed E-state index contributed by atoms with van der Waals surface area (Å²) in [4.78, 5) is 6.66. The van der Waals surface area contributed by atoms with E-state index >= 15 is 0 Å². The van der Waals surface area contributed by atoms with Crippen LogP contribution in [0, 0.1) is 5.92 Å². The Morgan fingerprint density at radius 2 is 2.26 bits per heavy atom. The van der Waals surface area contributed by atoms with Crippen molar-refractivity contribution in [3.05, 3.63) is 18.2 Å². The van der Waals surface area contributed by atoms with E-state index in [9.17, 15) is 0 Å². The molecule has 6 heteroatoms. The number of amidine groups is 1. The second-order valence-corrected chi connectivity index (χ2v) is 5.24. The van der Waals surface area contributed by atoms with Gasteiger partial charge in [0.15, 0.2) is 0 Å². The van der Waals surface area contributed by atoms with Crippen LogP contribution in [0.1, 0.15) is 26.1 Å². The SMILES string of the molecule is CC(C)CN(CC/C(N)=N/O)CCc1nccn1C. The summed E-state index contributed by atoms with van der Waals surface area (Å²) in [5, 5.41) is 11.6. The molecule has 19 heavy (non-hydrogen) atoms. The van der Waals surface area contributed by atoms with Gasteiger partial charge in [-0.1, -0.05) is 19.0 Å². The smallest absolute Gasteiger partial charge is 0.140 e. The Labute approximate surface area is 114 Å². The zero-order valence-corrected chi connectivity index (χ0v) is 12.1. The van der Waals surface area contributed by atoms with Crippen LogP contribution in [0.15, 0.2) is 17.5 Å². The van der Waals surface area contributed by atoms with Crippen LogP contribution in [0.4, 0.5) is 0 Å². The van der Waals surface area contributed by atoms with Crippen LogP contribution in [0.3, 0.4) is 0 Å². The molecule has 0 fully saturated rings. The lowest BCUT2D eigenvalue weighted by Gasteiger charge is -2.23. The Morgan fingerprint density at radius 3 is 2.79 bits per heavy atom. The predicted molar refractivity (Wildman–Crippen MR) is 76.2 cm³/mol. The minimum Gasteiger partial charge on any atom is -0.409 e. The summed E-state index contributed by atoms with van der Waals surface area (Å²) in [5.41, 5.74) is 5.52. The van der Waals surface area contributed by atoms with Crippen molar-refractivity contribution in [2.24, 2.45) is 23.9 Å². The largest absolute Gasteiger partial charge is 0.409 e. The molecule has 0 saturated heterocycles. The molecule has 0 aromatic carbocycles. The van der Waals surface area contributed by atoms with Crippen LogP contribution in [0.2, 0.25) is 0 Å². The number of oxime groups is 1. The summed E-state index contributed by atoms with van der Waals surface area (Å²) in [6.45, 7) is 7.12. The molecular weight excluding hydrogens is 242 g/mol. The summed E-state index contributed by atoms with van der Waals surface area (Å²) in [6, 6.07) is 0. The lowest BCUT2D eigenvalue weighted by atomic mass is 10.2. The van der Waals surface area contributed by atoms with E-state index in [2.05, 4.69) is 28.9 Å². The Kier molecular flexibility index (Phi) is 6.35. The third kappa shape index (κ3) is 5.74. The zero-order chi connectivity index (χ0) is 14.3. The van der Waals surface area contributed by atoms with Crippen molar-refractivity contribution in [3.8, 4) is 0 Å². The molecule has 0 aliphatic rings. The van der Waals surface area contributed by atoms with Gasteiger partial charge in [0, 0.05) is 51.9 Å². The topological polar surface area (TPSA) is 79.7 Å². The molecule has 1 aromatic rings. The van der Waals surface area contributed by atoms with Gasteiger partial charge in [-0.2, -0.15) is 0 Å². The Bertz CT molecular complexity index is 399. The molecule has 0 aliphatic carbocycles. The molecule has 1 aromatic heterocycles. The lowest BCUT2D eigenvalue weighted by molar-refractivity contribution is 0.249. The summed E-state index contributed by atoms with van der Waals surface area (Å²) in [6.07, 6.45) is 5.27. The highest BCUT2D eigenvalue weighted by Crippen LogP contribution is 2.03. The van der Waals surface area contributed by atoms with Crippen LogP contribution in [-0.2, 0) is 13.5 Å². The average Bonchev–Trinajstić information content (AvgIpc) is 2.77. The first-order valence-electron chi connectivity index (χ1n) is 6.68. The highest BCUT2D eigenvalue weighted by molar-refractivity contribution is 5.79. The highest BCUT2D eigenvalue weighted by atomic mass is 16.4. The molecule has 3 N–H and O–H groups in total. The molecule has 6 nitrogen and oxygen atoms in total. The molecule has 0 atom stereocenters. The van der Waals surface area contributed by atoms with Gasteiger partial charge in [0.05, 0.1) is 0 Å². The summed E-state index contributed by atoms with van der Waals surface area (Å²) in [5.74, 6) is 1.96. The fraction of sp³-hybridized carbons (Fsp3) is 0.692. The molecule has 0 bridgehead atoms. The van der Waals surface area contributed by atoms with E-state index in [0.29, 0.717) is 12.3 Å². The van der Waals surface area contributed by atoms with Crippen molar-refractivity contribution in [2.45, 2.75) is 26.7 Å². The van der Waals surface area contributed by atoms with Crippen LogP contribution in [0.25, 0.3) is 0 Å². The molecule has 1 heterocycles. The van der Waals surface area contributed by atoms with Gasteiger partial charge in [-0.25, -0.2) is 4.98 Å². The van der Waals surface area contributed by atoms with Gasteiger partial charge < -0.3 is 20.4 Å². The first-order valence-corrected chi connectivity index (χ1v) is 6.68. The van der Waals surface area contributed by atoms with Crippen molar-refractivity contribution in [1.82, 2.24) is 14.5 Å². The van der Waals surface area contributed by atoms with Crippen LogP contribution in [-0.4, -0.2) is 45.1 Å². The van der Waals surface area contributed by atoms with Gasteiger partial charge in [0.2, 0.25) is 0 Å². The lowest BCUT2D eigenvalue weighted by Crippen LogP contribution is -2.33. The van der Waals surface area contributed by atoms with E-state index in [0.717, 1.165) is 31.9 Å². The molecule has 0 unspecified atom stereocenters. The first-order chi connectivity index (χ1) is 9.02. The number of aryl methyl sites for hydroxylation is 1. The predicted octanol–water partition coefficient (Wildman–Crippen LogP) is 1.06. The van der Waals surface area contributed by atoms with Gasteiger partial charge in [-0.3, -0.25) is 0 Å². The number of imidazole rings is 1. The van der Waals surface area contributed by atoms with Gasteiger partial charge in [-0.15, -0.1) is 0 Å². The van der Waals surface area contributed by atoms with E-state index < -0.39 is 0 Å². The van der Waals surface area contributed by atoms with E-state index in [1.54, 1.807) is 0 Å². The molecular formula is C13H25N5O. The van der Waals surface area contributed by atoms with E-state index in [-0.39, 0.29) is 5.84 Å². The number of nitrogens with two attached hydrogens (primary N) is 1. The quantitative estimate of drug-likeness (QED) is 0.319. The third-order valence-corrected chi connectivity index (χ3v) is 3.01. The number of hydrogen-bond donors (Lipinski definition) is 2. The molecule has 1 rings (SSSR count). The van der Waals surface area contributed by atoms with Crippen molar-refractivity contribution in [3.63, 3.8) is 0 Å². The van der Waals surface area contributed by atoms with Gasteiger partial charge in [0.25, 0.3) is 0 Å². The fourth-order valence-electron chi connectivity index (χ4n) is 2.03. The number of nitrogens with zero attached hydrogens (tertiary/aromatic N) is 4. The van der Waals surface area contributed by atoms with Crippen molar-refractivity contribution in [2.75, 3.05) is 19.6 Å². The minimum atomic E-state index is 0.283. The normalized spacial score (nSPS) is 12.6. The second-order valence-electron chi connectivity index (χ2n) is 5.24. The molecule has 0 aliphatic heterocycles. The molecule has 0 saturated carbocycles. The minimum absolute atomic E-state index is 0.283. The van der Waals surface area contributed by atoms with Crippen LogP contribution >= 0.6 is 0 Å². The maximum atomic E-state index is 8.58. The van der Waals surface area contributed by atoms with Crippen LogP contribution in [0.5, 0.6) is 0 Å². The van der Waals surface area contributed by atoms with E-state index in [1.165, 1.54) is 0 Å². The van der Waals surface area contributed by atoms with E-state index in [4.69, 9.17) is 10.9 Å². The molecule has 108 valence electrons. The van der Waals surface area contributed by atoms with Crippen LogP contribution < -0.4 is 5.73 Å². The maximum Gasteiger partial charge on any atom is 0.140 e. The highest BCUT2D eigenvalue weighted by Gasteiger charge is 2.10. The standard InChI is InChI=1S/C13H25N5O/c1-11(2)10-18(7-4-12(14)16-19)8-5-13-15-6-9-17(13)3/h6,9,11,19H,4-5,7-8,10H2,1-3H3,(H2,14,16). The average molecular weight is 267 g/mol. The number of aromatic nitrogens is 2. The third-order valence-electron chi connectivity index (χ3n) is 3.01. The Balaban J connectivity index is 2.47. The monoisotopic (exact) mass is 267 g/mol. The van der Waals surface area contributed by atoms with Crippen molar-refractivity contribution in [1.29, 1.82) is 0 Å². The number of hydrogen-bond acceptors (Lipinski definition) is 4. The van der Waals surface area contributed by atoms with E-state index in [1.807, 2.05) is 24.0 Å². The molecule has 0 radical (unpaired) electrons. The number of rotatable bonds is 8. The Hall–Kier alpha value is -1.56.